The van der Waals surface area contributed by atoms with Crippen LogP contribution < -0.4 is 10.0 Å². The SMILES string of the molecule is CCNCCCS(=O)(=O)NCc1ccc(CC)s1. The first-order valence-electron chi connectivity index (χ1n) is 6.33. The van der Waals surface area contributed by atoms with Crippen LogP contribution in [0.1, 0.15) is 30.0 Å². The van der Waals surface area contributed by atoms with Crippen molar-refractivity contribution < 1.29 is 8.42 Å². The van der Waals surface area contributed by atoms with Gasteiger partial charge in [0.15, 0.2) is 0 Å². The highest BCUT2D eigenvalue weighted by atomic mass is 32.2. The second-order valence-electron chi connectivity index (χ2n) is 4.07. The molecule has 4 nitrogen and oxygen atoms in total. The van der Waals surface area contributed by atoms with Crippen LogP contribution in [0.4, 0.5) is 0 Å². The molecule has 0 aromatic carbocycles. The van der Waals surface area contributed by atoms with Crippen LogP contribution >= 0.6 is 11.3 Å². The molecule has 0 aliphatic heterocycles. The maximum Gasteiger partial charge on any atom is 0.211 e. The predicted octanol–water partition coefficient (Wildman–Crippen LogP) is 1.73. The lowest BCUT2D eigenvalue weighted by molar-refractivity contribution is 0.576. The first kappa shape index (κ1) is 15.6. The molecule has 0 bridgehead atoms. The molecule has 0 saturated heterocycles. The van der Waals surface area contributed by atoms with Gasteiger partial charge in [-0.05, 0) is 38.1 Å². The van der Waals surface area contributed by atoms with Crippen LogP contribution in [0.15, 0.2) is 12.1 Å². The number of aryl methyl sites for hydroxylation is 1. The Morgan fingerprint density at radius 2 is 1.94 bits per heavy atom. The molecule has 6 heteroatoms. The molecule has 1 heterocycles. The van der Waals surface area contributed by atoms with Gasteiger partial charge >= 0.3 is 0 Å². The largest absolute Gasteiger partial charge is 0.317 e. The van der Waals surface area contributed by atoms with Crippen LogP contribution in [0.2, 0.25) is 0 Å². The lowest BCUT2D eigenvalue weighted by Crippen LogP contribution is -2.27. The Kier molecular flexibility index (Phi) is 6.85. The summed E-state index contributed by atoms with van der Waals surface area (Å²) in [5.41, 5.74) is 0. The number of thiophene rings is 1. The van der Waals surface area contributed by atoms with Crippen molar-refractivity contribution in [2.24, 2.45) is 0 Å². The normalized spacial score (nSPS) is 11.9. The van der Waals surface area contributed by atoms with Gasteiger partial charge in [0.05, 0.1) is 5.75 Å². The van der Waals surface area contributed by atoms with Crippen LogP contribution in [-0.2, 0) is 23.0 Å². The van der Waals surface area contributed by atoms with E-state index in [-0.39, 0.29) is 5.75 Å². The minimum atomic E-state index is -3.14. The third-order valence-corrected chi connectivity index (χ3v) is 5.19. The molecule has 0 amide bonds. The molecular weight excluding hydrogens is 268 g/mol. The zero-order valence-corrected chi connectivity index (χ0v) is 12.7. The van der Waals surface area contributed by atoms with Crippen LogP contribution in [0, 0.1) is 0 Å². The smallest absolute Gasteiger partial charge is 0.211 e. The van der Waals surface area contributed by atoms with Gasteiger partial charge in [-0.15, -0.1) is 11.3 Å². The van der Waals surface area contributed by atoms with E-state index >= 15 is 0 Å². The second-order valence-corrected chi connectivity index (χ2v) is 7.25. The molecule has 0 atom stereocenters. The van der Waals surface area contributed by atoms with E-state index in [4.69, 9.17) is 0 Å². The van der Waals surface area contributed by atoms with Crippen molar-refractivity contribution in [3.05, 3.63) is 21.9 Å². The molecule has 0 aliphatic rings. The highest BCUT2D eigenvalue weighted by Gasteiger charge is 2.10. The summed E-state index contributed by atoms with van der Waals surface area (Å²) in [5, 5.41) is 3.12. The van der Waals surface area contributed by atoms with Gasteiger partial charge < -0.3 is 5.32 Å². The maximum absolute atomic E-state index is 11.7. The Labute approximate surface area is 114 Å². The molecule has 0 spiro atoms. The van der Waals surface area contributed by atoms with Gasteiger partial charge in [-0.3, -0.25) is 0 Å². The van der Waals surface area contributed by atoms with Crippen molar-refractivity contribution in [3.8, 4) is 0 Å². The van der Waals surface area contributed by atoms with Crippen molar-refractivity contribution in [2.75, 3.05) is 18.8 Å². The molecule has 18 heavy (non-hydrogen) atoms. The lowest BCUT2D eigenvalue weighted by Gasteiger charge is -2.05. The zero-order valence-electron chi connectivity index (χ0n) is 11.0. The topological polar surface area (TPSA) is 58.2 Å². The van der Waals surface area contributed by atoms with Crippen molar-refractivity contribution in [1.29, 1.82) is 0 Å². The summed E-state index contributed by atoms with van der Waals surface area (Å²) in [6.07, 6.45) is 1.65. The highest BCUT2D eigenvalue weighted by Crippen LogP contribution is 2.16. The molecule has 0 fully saturated rings. The van der Waals surface area contributed by atoms with Gasteiger partial charge in [-0.25, -0.2) is 13.1 Å². The summed E-state index contributed by atoms with van der Waals surface area (Å²) < 4.78 is 26.1. The van der Waals surface area contributed by atoms with Crippen molar-refractivity contribution >= 4 is 21.4 Å². The van der Waals surface area contributed by atoms with E-state index in [9.17, 15) is 8.42 Å². The molecule has 104 valence electrons. The van der Waals surface area contributed by atoms with E-state index in [1.54, 1.807) is 11.3 Å². The Morgan fingerprint density at radius 3 is 2.56 bits per heavy atom. The van der Waals surface area contributed by atoms with Crippen molar-refractivity contribution in [2.45, 2.75) is 33.2 Å². The number of nitrogens with one attached hydrogen (secondary N) is 2. The van der Waals surface area contributed by atoms with Crippen LogP contribution in [0.5, 0.6) is 0 Å². The van der Waals surface area contributed by atoms with E-state index in [1.165, 1.54) is 4.88 Å². The fourth-order valence-corrected chi connectivity index (χ4v) is 3.56. The van der Waals surface area contributed by atoms with E-state index in [0.29, 0.717) is 13.0 Å². The fourth-order valence-electron chi connectivity index (χ4n) is 1.52. The summed E-state index contributed by atoms with van der Waals surface area (Å²) in [6.45, 7) is 6.14. The summed E-state index contributed by atoms with van der Waals surface area (Å²) in [7, 11) is -3.14. The third-order valence-electron chi connectivity index (χ3n) is 2.55. The summed E-state index contributed by atoms with van der Waals surface area (Å²) in [5.74, 6) is 0.187. The average molecular weight is 290 g/mol. The standard InChI is InChI=1S/C12H22N2O2S2/c1-3-11-6-7-12(17-11)10-14-18(15,16)9-5-8-13-4-2/h6-7,13-14H,3-5,8-10H2,1-2H3. The monoisotopic (exact) mass is 290 g/mol. The minimum Gasteiger partial charge on any atom is -0.317 e. The van der Waals surface area contributed by atoms with Crippen LogP contribution in [0.25, 0.3) is 0 Å². The maximum atomic E-state index is 11.7. The van der Waals surface area contributed by atoms with Gasteiger partial charge in [0, 0.05) is 16.3 Å². The first-order valence-corrected chi connectivity index (χ1v) is 8.80. The molecule has 1 aromatic heterocycles. The Balaban J connectivity index is 2.32. The molecule has 0 aliphatic carbocycles. The van der Waals surface area contributed by atoms with E-state index < -0.39 is 10.0 Å². The Bertz CT molecular complexity index is 441. The van der Waals surface area contributed by atoms with Gasteiger partial charge in [-0.1, -0.05) is 13.8 Å². The van der Waals surface area contributed by atoms with Crippen LogP contribution in [0.3, 0.4) is 0 Å². The van der Waals surface area contributed by atoms with Crippen molar-refractivity contribution in [1.82, 2.24) is 10.0 Å². The minimum absolute atomic E-state index is 0.187. The average Bonchev–Trinajstić information content (AvgIpc) is 2.80. The number of rotatable bonds is 9. The van der Waals surface area contributed by atoms with Gasteiger partial charge in [-0.2, -0.15) is 0 Å². The number of hydrogen-bond donors (Lipinski definition) is 2. The highest BCUT2D eigenvalue weighted by molar-refractivity contribution is 7.89. The fraction of sp³-hybridized carbons (Fsp3) is 0.667. The first-order chi connectivity index (χ1) is 8.57. The zero-order chi connectivity index (χ0) is 13.4. The molecule has 0 saturated carbocycles. The lowest BCUT2D eigenvalue weighted by atomic mass is 10.4. The summed E-state index contributed by atoms with van der Waals surface area (Å²) >= 11 is 1.67. The third kappa shape index (κ3) is 5.95. The van der Waals surface area contributed by atoms with E-state index in [1.807, 2.05) is 13.0 Å². The number of hydrogen-bond acceptors (Lipinski definition) is 4. The summed E-state index contributed by atoms with van der Waals surface area (Å²) in [4.78, 5) is 2.36. The van der Waals surface area contributed by atoms with E-state index in [2.05, 4.69) is 23.0 Å². The molecule has 0 radical (unpaired) electrons. The Morgan fingerprint density at radius 1 is 1.22 bits per heavy atom. The molecule has 2 N–H and O–H groups in total. The molecule has 0 unspecified atom stereocenters. The number of sulfonamides is 1. The second kappa shape index (κ2) is 7.89. The van der Waals surface area contributed by atoms with Crippen molar-refractivity contribution in [3.63, 3.8) is 0 Å². The van der Waals surface area contributed by atoms with Crippen LogP contribution in [-0.4, -0.2) is 27.3 Å². The Hall–Kier alpha value is -0.430. The molecule has 1 rings (SSSR count). The van der Waals surface area contributed by atoms with Gasteiger partial charge in [0.2, 0.25) is 10.0 Å². The quantitative estimate of drug-likeness (QED) is 0.681. The summed E-state index contributed by atoms with van der Waals surface area (Å²) in [6, 6.07) is 4.05. The van der Waals surface area contributed by atoms with Gasteiger partial charge in [0.25, 0.3) is 0 Å². The molecular formula is C12H22N2O2S2. The molecule has 1 aromatic rings. The van der Waals surface area contributed by atoms with E-state index in [0.717, 1.165) is 24.4 Å². The predicted molar refractivity (Wildman–Crippen MR) is 77.5 cm³/mol. The van der Waals surface area contributed by atoms with Gasteiger partial charge in [0.1, 0.15) is 0 Å².